The summed E-state index contributed by atoms with van der Waals surface area (Å²) in [6.07, 6.45) is 1.87. The zero-order valence-electron chi connectivity index (χ0n) is 8.02. The topological polar surface area (TPSA) is 12.4 Å². The molecule has 0 aliphatic rings. The Balaban J connectivity index is 0. The highest BCUT2D eigenvalue weighted by molar-refractivity contribution is 5.79. The molecule has 1 heteroatoms. The number of allylic oxidation sites excluding steroid dienone is 1. The molecule has 10 heavy (non-hydrogen) atoms. The van der Waals surface area contributed by atoms with E-state index in [1.165, 1.54) is 5.57 Å². The summed E-state index contributed by atoms with van der Waals surface area (Å²) in [5.74, 6) is 0. The van der Waals surface area contributed by atoms with Crippen LogP contribution in [0.2, 0.25) is 0 Å². The molecule has 0 unspecified atom stereocenters. The maximum atomic E-state index is 4.08. The van der Waals surface area contributed by atoms with E-state index in [1.54, 1.807) is 0 Å². The summed E-state index contributed by atoms with van der Waals surface area (Å²) in [6.45, 7) is 12.0. The molecule has 1 nitrogen and oxygen atoms in total. The molecule has 0 aromatic rings. The first kappa shape index (κ1) is 12.1. The van der Waals surface area contributed by atoms with Crippen molar-refractivity contribution < 1.29 is 0 Å². The van der Waals surface area contributed by atoms with Gasteiger partial charge in [-0.2, -0.15) is 0 Å². The lowest BCUT2D eigenvalue weighted by molar-refractivity contribution is 1.32. The molecular formula is C9H19N. The van der Waals surface area contributed by atoms with E-state index < -0.39 is 0 Å². The lowest BCUT2D eigenvalue weighted by Crippen LogP contribution is -1.75. The van der Waals surface area contributed by atoms with E-state index in [9.17, 15) is 0 Å². The summed E-state index contributed by atoms with van der Waals surface area (Å²) in [7, 11) is 0. The quantitative estimate of drug-likeness (QED) is 0.496. The summed E-state index contributed by atoms with van der Waals surface area (Å²) < 4.78 is 0. The third-order valence-corrected chi connectivity index (χ3v) is 0.581. The molecule has 0 saturated carbocycles. The van der Waals surface area contributed by atoms with Crippen LogP contribution in [0.15, 0.2) is 16.8 Å². The van der Waals surface area contributed by atoms with Crippen LogP contribution in [0.4, 0.5) is 0 Å². The molecule has 0 spiro atoms. The summed E-state index contributed by atoms with van der Waals surface area (Å²) in [5, 5.41) is 0. The van der Waals surface area contributed by atoms with E-state index in [0.717, 1.165) is 5.71 Å². The van der Waals surface area contributed by atoms with Crippen LogP contribution in [0.3, 0.4) is 0 Å². The summed E-state index contributed by atoms with van der Waals surface area (Å²) >= 11 is 0. The van der Waals surface area contributed by atoms with Gasteiger partial charge in [0.05, 0.1) is 0 Å². The van der Waals surface area contributed by atoms with Crippen molar-refractivity contribution in [3.63, 3.8) is 0 Å². The predicted molar refractivity (Wildman–Crippen MR) is 49.6 cm³/mol. The third-order valence-electron chi connectivity index (χ3n) is 0.581. The van der Waals surface area contributed by atoms with E-state index in [4.69, 9.17) is 0 Å². The Bertz CT molecular complexity index is 96.7. The third kappa shape index (κ3) is 15.7. The molecule has 0 atom stereocenters. The van der Waals surface area contributed by atoms with Crippen molar-refractivity contribution in [1.82, 2.24) is 0 Å². The van der Waals surface area contributed by atoms with Gasteiger partial charge in [-0.05, 0) is 27.7 Å². The van der Waals surface area contributed by atoms with Crippen LogP contribution in [0.5, 0.6) is 0 Å². The highest BCUT2D eigenvalue weighted by atomic mass is 14.7. The van der Waals surface area contributed by atoms with Crippen molar-refractivity contribution in [2.75, 3.05) is 0 Å². The molecule has 0 radical (unpaired) electrons. The Hall–Kier alpha value is -0.590. The molecule has 0 aromatic carbocycles. The molecule has 0 saturated heterocycles. The lowest BCUT2D eigenvalue weighted by Gasteiger charge is -1.84. The normalized spacial score (nSPS) is 7.00. The van der Waals surface area contributed by atoms with Crippen LogP contribution in [-0.2, 0) is 0 Å². The van der Waals surface area contributed by atoms with E-state index in [0.29, 0.717) is 0 Å². The van der Waals surface area contributed by atoms with Gasteiger partial charge in [-0.1, -0.05) is 19.4 Å². The second-order valence-corrected chi connectivity index (χ2v) is 2.28. The van der Waals surface area contributed by atoms with Crippen molar-refractivity contribution in [3.05, 3.63) is 11.8 Å². The van der Waals surface area contributed by atoms with Crippen LogP contribution in [0.1, 0.15) is 41.5 Å². The minimum absolute atomic E-state index is 1.10. The highest BCUT2D eigenvalue weighted by Crippen LogP contribution is 1.88. The van der Waals surface area contributed by atoms with Crippen LogP contribution in [0, 0.1) is 0 Å². The van der Waals surface area contributed by atoms with Gasteiger partial charge in [-0.15, -0.1) is 0 Å². The fourth-order valence-electron chi connectivity index (χ4n) is 0.258. The number of nitrogens with zero attached hydrogens (tertiary/aromatic N) is 1. The van der Waals surface area contributed by atoms with Crippen molar-refractivity contribution in [2.45, 2.75) is 41.5 Å². The SMILES string of the molecule is CC.CC(C)=CN=C(C)C. The maximum Gasteiger partial charge on any atom is 0.0253 e. The van der Waals surface area contributed by atoms with Gasteiger partial charge in [0.2, 0.25) is 0 Å². The fourth-order valence-corrected chi connectivity index (χ4v) is 0.258. The van der Waals surface area contributed by atoms with Gasteiger partial charge in [-0.3, -0.25) is 4.99 Å². The highest BCUT2D eigenvalue weighted by Gasteiger charge is 1.72. The number of aliphatic imine (C=N–C) groups is 1. The molecule has 0 N–H and O–H groups in total. The average molecular weight is 141 g/mol. The van der Waals surface area contributed by atoms with Gasteiger partial charge >= 0.3 is 0 Å². The fraction of sp³-hybridized carbons (Fsp3) is 0.667. The molecule has 0 aliphatic heterocycles. The summed E-state index contributed by atoms with van der Waals surface area (Å²) in [5.41, 5.74) is 2.34. The zero-order valence-corrected chi connectivity index (χ0v) is 8.02. The molecule has 0 amide bonds. The van der Waals surface area contributed by atoms with Crippen molar-refractivity contribution >= 4 is 5.71 Å². The van der Waals surface area contributed by atoms with Gasteiger partial charge < -0.3 is 0 Å². The molecule has 0 aliphatic carbocycles. The van der Waals surface area contributed by atoms with Crippen LogP contribution in [0.25, 0.3) is 0 Å². The minimum atomic E-state index is 1.10. The second kappa shape index (κ2) is 8.41. The Morgan fingerprint density at radius 3 is 1.50 bits per heavy atom. The summed E-state index contributed by atoms with van der Waals surface area (Å²) in [6, 6.07) is 0. The van der Waals surface area contributed by atoms with E-state index in [2.05, 4.69) is 4.99 Å². The van der Waals surface area contributed by atoms with Crippen LogP contribution in [-0.4, -0.2) is 5.71 Å². The van der Waals surface area contributed by atoms with Gasteiger partial charge in [0.15, 0.2) is 0 Å². The standard InChI is InChI=1S/C7H13N.C2H6/c1-6(2)5-8-7(3)4;1-2/h5H,1-4H3;1-2H3. The smallest absolute Gasteiger partial charge is 0.0253 e. The molecule has 0 bridgehead atoms. The van der Waals surface area contributed by atoms with Crippen molar-refractivity contribution in [2.24, 2.45) is 4.99 Å². The molecule has 0 rings (SSSR count). The van der Waals surface area contributed by atoms with E-state index >= 15 is 0 Å². The number of rotatable bonds is 1. The van der Waals surface area contributed by atoms with Gasteiger partial charge in [0.25, 0.3) is 0 Å². The molecule has 60 valence electrons. The van der Waals surface area contributed by atoms with Gasteiger partial charge in [0, 0.05) is 11.9 Å². The Kier molecular flexibility index (Phi) is 10.2. The molecule has 0 heterocycles. The first-order chi connectivity index (χ1) is 4.63. The lowest BCUT2D eigenvalue weighted by atomic mass is 10.4. The van der Waals surface area contributed by atoms with E-state index in [-0.39, 0.29) is 0 Å². The second-order valence-electron chi connectivity index (χ2n) is 2.28. The number of hydrogen-bond acceptors (Lipinski definition) is 1. The predicted octanol–water partition coefficient (Wildman–Crippen LogP) is 3.42. The Morgan fingerprint density at radius 2 is 1.40 bits per heavy atom. The van der Waals surface area contributed by atoms with Crippen LogP contribution < -0.4 is 0 Å². The Labute approximate surface area is 64.9 Å². The molecule has 0 fully saturated rings. The average Bonchev–Trinajstić information content (AvgIpc) is 1.89. The number of hydrogen-bond donors (Lipinski definition) is 0. The molecule has 0 aromatic heterocycles. The van der Waals surface area contributed by atoms with Gasteiger partial charge in [-0.25, -0.2) is 0 Å². The zero-order chi connectivity index (χ0) is 8.57. The van der Waals surface area contributed by atoms with Crippen molar-refractivity contribution in [3.8, 4) is 0 Å². The maximum absolute atomic E-state index is 4.08. The first-order valence-corrected chi connectivity index (χ1v) is 3.77. The monoisotopic (exact) mass is 141 g/mol. The van der Waals surface area contributed by atoms with Crippen molar-refractivity contribution in [1.29, 1.82) is 0 Å². The molecular weight excluding hydrogens is 122 g/mol. The van der Waals surface area contributed by atoms with Gasteiger partial charge in [0.1, 0.15) is 0 Å². The van der Waals surface area contributed by atoms with Crippen LogP contribution >= 0.6 is 0 Å². The van der Waals surface area contributed by atoms with E-state index in [1.807, 2.05) is 47.7 Å². The summed E-state index contributed by atoms with van der Waals surface area (Å²) in [4.78, 5) is 4.08. The first-order valence-electron chi connectivity index (χ1n) is 3.77. The largest absolute Gasteiger partial charge is 0.266 e. The Morgan fingerprint density at radius 1 is 1.00 bits per heavy atom. The minimum Gasteiger partial charge on any atom is -0.266 e.